The lowest BCUT2D eigenvalue weighted by atomic mass is 9.99. The summed E-state index contributed by atoms with van der Waals surface area (Å²) in [5, 5.41) is 0. The van der Waals surface area contributed by atoms with Crippen molar-refractivity contribution in [2.24, 2.45) is 5.92 Å². The van der Waals surface area contributed by atoms with E-state index in [0.29, 0.717) is 24.5 Å². The first-order valence-electron chi connectivity index (χ1n) is 7.45. The molecule has 0 unspecified atom stereocenters. The zero-order valence-corrected chi connectivity index (χ0v) is 12.3. The fourth-order valence-electron chi connectivity index (χ4n) is 2.90. The molecule has 22 heavy (non-hydrogen) atoms. The summed E-state index contributed by atoms with van der Waals surface area (Å²) in [6, 6.07) is 7.26. The van der Waals surface area contributed by atoms with Gasteiger partial charge in [-0.1, -0.05) is 12.1 Å². The van der Waals surface area contributed by atoms with Gasteiger partial charge in [-0.2, -0.15) is 0 Å². The van der Waals surface area contributed by atoms with Crippen molar-refractivity contribution in [2.75, 3.05) is 31.1 Å². The fourth-order valence-corrected chi connectivity index (χ4v) is 2.90. The molecule has 1 aromatic carbocycles. The molecule has 0 radical (unpaired) electrons. The number of terminal acetylenes is 1. The Morgan fingerprint density at radius 1 is 1.41 bits per heavy atom. The van der Waals surface area contributed by atoms with Crippen molar-refractivity contribution in [1.82, 2.24) is 4.90 Å². The Kier molecular flexibility index (Phi) is 4.01. The number of carbonyl (C=O) groups is 2. The van der Waals surface area contributed by atoms with E-state index in [-0.39, 0.29) is 30.9 Å². The summed E-state index contributed by atoms with van der Waals surface area (Å²) in [6.07, 6.45) is 7.34. The molecule has 1 saturated heterocycles. The van der Waals surface area contributed by atoms with Crippen LogP contribution in [-0.2, 0) is 9.59 Å². The number of amides is 2. The number of hydrogen-bond acceptors (Lipinski definition) is 3. The molecule has 1 atom stereocenters. The molecule has 5 heteroatoms. The summed E-state index contributed by atoms with van der Waals surface area (Å²) in [4.78, 5) is 27.9. The number of ether oxygens (including phenoxy) is 1. The van der Waals surface area contributed by atoms with E-state index in [0.717, 1.165) is 12.8 Å². The van der Waals surface area contributed by atoms with Crippen LogP contribution in [0.25, 0.3) is 0 Å². The van der Waals surface area contributed by atoms with Gasteiger partial charge < -0.3 is 9.64 Å². The number of piperidine rings is 1. The lowest BCUT2D eigenvalue weighted by Crippen LogP contribution is -2.48. The summed E-state index contributed by atoms with van der Waals surface area (Å²) in [5.74, 6) is 3.21. The Balaban J connectivity index is 1.74. The van der Waals surface area contributed by atoms with Gasteiger partial charge in [0.15, 0.2) is 6.61 Å². The van der Waals surface area contributed by atoms with Crippen molar-refractivity contribution in [3.05, 3.63) is 24.3 Å². The second-order valence-electron chi connectivity index (χ2n) is 5.58. The van der Waals surface area contributed by atoms with Crippen molar-refractivity contribution < 1.29 is 14.3 Å². The van der Waals surface area contributed by atoms with Gasteiger partial charge in [-0.3, -0.25) is 14.5 Å². The fraction of sp³-hybridized carbons (Fsp3) is 0.412. The predicted octanol–water partition coefficient (Wildman–Crippen LogP) is 1.28. The molecule has 0 spiro atoms. The van der Waals surface area contributed by atoms with Crippen molar-refractivity contribution in [2.45, 2.75) is 12.8 Å². The number of fused-ring (bicyclic) bond motifs is 1. The molecule has 0 aliphatic carbocycles. The van der Waals surface area contributed by atoms with Crippen LogP contribution in [0.1, 0.15) is 12.8 Å². The van der Waals surface area contributed by atoms with E-state index in [2.05, 4.69) is 5.92 Å². The third-order valence-electron chi connectivity index (χ3n) is 4.11. The quantitative estimate of drug-likeness (QED) is 0.773. The number of hydrogen-bond donors (Lipinski definition) is 0. The molecule has 1 fully saturated rings. The van der Waals surface area contributed by atoms with Crippen LogP contribution in [0.4, 0.5) is 5.69 Å². The Hall–Kier alpha value is -2.48. The lowest BCUT2D eigenvalue weighted by molar-refractivity contribution is -0.133. The summed E-state index contributed by atoms with van der Waals surface area (Å²) in [5.41, 5.74) is 0.651. The summed E-state index contributed by atoms with van der Waals surface area (Å²) < 4.78 is 5.38. The van der Waals surface area contributed by atoms with Crippen LogP contribution in [0.15, 0.2) is 24.3 Å². The van der Waals surface area contributed by atoms with Gasteiger partial charge in [-0.05, 0) is 25.0 Å². The van der Waals surface area contributed by atoms with Crippen LogP contribution < -0.4 is 9.64 Å². The molecule has 1 aromatic rings. The molecule has 0 saturated carbocycles. The van der Waals surface area contributed by atoms with Crippen LogP contribution in [0.3, 0.4) is 0 Å². The summed E-state index contributed by atoms with van der Waals surface area (Å²) in [7, 11) is 0. The third kappa shape index (κ3) is 2.77. The average Bonchev–Trinajstić information content (AvgIpc) is 2.57. The third-order valence-corrected chi connectivity index (χ3v) is 4.11. The molecule has 2 amide bonds. The molecule has 2 aliphatic heterocycles. The second kappa shape index (κ2) is 6.10. The highest BCUT2D eigenvalue weighted by Crippen LogP contribution is 2.31. The molecule has 3 rings (SSSR count). The standard InChI is InChI=1S/C17H18N2O3/c1-2-13-6-5-9-18(10-13)16(20)11-19-14-7-3-4-8-15(14)22-12-17(19)21/h1,3-4,7-8,13H,5-6,9-12H2/t13-/m0/s1. The predicted molar refractivity (Wildman–Crippen MR) is 82.4 cm³/mol. The molecule has 114 valence electrons. The Labute approximate surface area is 129 Å². The Morgan fingerprint density at radius 3 is 3.05 bits per heavy atom. The van der Waals surface area contributed by atoms with Gasteiger partial charge in [0, 0.05) is 19.0 Å². The van der Waals surface area contributed by atoms with Crippen LogP contribution in [0.2, 0.25) is 0 Å². The Morgan fingerprint density at radius 2 is 2.23 bits per heavy atom. The van der Waals surface area contributed by atoms with Crippen molar-refractivity contribution >= 4 is 17.5 Å². The zero-order valence-electron chi connectivity index (χ0n) is 12.3. The summed E-state index contributed by atoms with van der Waals surface area (Å²) >= 11 is 0. The van der Waals surface area contributed by atoms with Gasteiger partial charge in [0.05, 0.1) is 5.69 Å². The second-order valence-corrected chi connectivity index (χ2v) is 5.58. The molecular formula is C17H18N2O3. The Bertz CT molecular complexity index is 635. The maximum absolute atomic E-state index is 12.5. The molecule has 2 heterocycles. The molecule has 0 aromatic heterocycles. The van der Waals surface area contributed by atoms with Gasteiger partial charge in [-0.15, -0.1) is 12.3 Å². The zero-order chi connectivity index (χ0) is 15.5. The van der Waals surface area contributed by atoms with E-state index in [9.17, 15) is 9.59 Å². The highest BCUT2D eigenvalue weighted by molar-refractivity contribution is 6.02. The van der Waals surface area contributed by atoms with E-state index in [1.807, 2.05) is 12.1 Å². The SMILES string of the molecule is C#C[C@H]1CCCN(C(=O)CN2C(=O)COc3ccccc32)C1. The van der Waals surface area contributed by atoms with Crippen LogP contribution in [0.5, 0.6) is 5.75 Å². The summed E-state index contributed by atoms with van der Waals surface area (Å²) in [6.45, 7) is 1.29. The van der Waals surface area contributed by atoms with Gasteiger partial charge in [0.2, 0.25) is 5.91 Å². The number of rotatable bonds is 2. The maximum atomic E-state index is 12.5. The first-order chi connectivity index (χ1) is 10.7. The van der Waals surface area contributed by atoms with Crippen molar-refractivity contribution in [3.8, 4) is 18.1 Å². The molecular weight excluding hydrogens is 280 g/mol. The topological polar surface area (TPSA) is 49.9 Å². The number of nitrogens with zero attached hydrogens (tertiary/aromatic N) is 2. The first kappa shape index (κ1) is 14.5. The average molecular weight is 298 g/mol. The monoisotopic (exact) mass is 298 g/mol. The van der Waals surface area contributed by atoms with Gasteiger partial charge >= 0.3 is 0 Å². The minimum Gasteiger partial charge on any atom is -0.482 e. The number of anilines is 1. The lowest BCUT2D eigenvalue weighted by Gasteiger charge is -2.34. The largest absolute Gasteiger partial charge is 0.482 e. The highest BCUT2D eigenvalue weighted by Gasteiger charge is 2.30. The number of para-hydroxylation sites is 2. The van der Waals surface area contributed by atoms with E-state index < -0.39 is 0 Å². The smallest absolute Gasteiger partial charge is 0.265 e. The molecule has 0 bridgehead atoms. The van der Waals surface area contributed by atoms with E-state index in [1.165, 1.54) is 4.90 Å². The van der Waals surface area contributed by atoms with E-state index >= 15 is 0 Å². The number of likely N-dealkylation sites (tertiary alicyclic amines) is 1. The number of benzene rings is 1. The highest BCUT2D eigenvalue weighted by atomic mass is 16.5. The normalized spacial score (nSPS) is 20.9. The molecule has 2 aliphatic rings. The van der Waals surface area contributed by atoms with E-state index in [4.69, 9.17) is 11.2 Å². The first-order valence-corrected chi connectivity index (χ1v) is 7.45. The minimum atomic E-state index is -0.197. The van der Waals surface area contributed by atoms with Gasteiger partial charge in [0.25, 0.3) is 5.91 Å². The van der Waals surface area contributed by atoms with Crippen molar-refractivity contribution in [1.29, 1.82) is 0 Å². The molecule has 0 N–H and O–H groups in total. The minimum absolute atomic E-state index is 0.0305. The maximum Gasteiger partial charge on any atom is 0.265 e. The van der Waals surface area contributed by atoms with Gasteiger partial charge in [0.1, 0.15) is 12.3 Å². The van der Waals surface area contributed by atoms with Crippen LogP contribution >= 0.6 is 0 Å². The number of carbonyl (C=O) groups excluding carboxylic acids is 2. The van der Waals surface area contributed by atoms with Gasteiger partial charge in [-0.25, -0.2) is 0 Å². The van der Waals surface area contributed by atoms with Crippen molar-refractivity contribution in [3.63, 3.8) is 0 Å². The van der Waals surface area contributed by atoms with E-state index in [1.54, 1.807) is 17.0 Å². The molecule has 5 nitrogen and oxygen atoms in total. The van der Waals surface area contributed by atoms with Crippen LogP contribution in [-0.4, -0.2) is 43.0 Å². The van der Waals surface area contributed by atoms with Crippen LogP contribution in [0, 0.1) is 18.3 Å².